The number of nitrogens with zero attached hydrogens (tertiary/aromatic N) is 1. The van der Waals surface area contributed by atoms with E-state index in [1.54, 1.807) is 26.0 Å². The highest BCUT2D eigenvalue weighted by atomic mass is 32.2. The number of nitrogens with one attached hydrogen (secondary N) is 1. The Balaban J connectivity index is 2.10. The first-order valence-electron chi connectivity index (χ1n) is 8.63. The Labute approximate surface area is 156 Å². The zero-order chi connectivity index (χ0) is 19.3. The maximum Gasteiger partial charge on any atom is 0.243 e. The van der Waals surface area contributed by atoms with Crippen molar-refractivity contribution in [3.05, 3.63) is 64.7 Å². The molecule has 0 aliphatic rings. The minimum atomic E-state index is -3.72. The molecular formula is C20H26N2O3S. The standard InChI is InChI=1S/C20H26N2O3S/c1-5-22(26(24,25)19-12-16(3)9-10-17(19)4)14-20(23)21-13-18-8-6-7-15(2)11-18/h6-12H,5,13-14H2,1-4H3,(H,21,23). The molecule has 0 spiro atoms. The van der Waals surface area contributed by atoms with E-state index in [4.69, 9.17) is 0 Å². The average molecular weight is 375 g/mol. The molecule has 0 aliphatic carbocycles. The lowest BCUT2D eigenvalue weighted by atomic mass is 10.1. The molecular weight excluding hydrogens is 348 g/mol. The van der Waals surface area contributed by atoms with Gasteiger partial charge >= 0.3 is 0 Å². The summed E-state index contributed by atoms with van der Waals surface area (Å²) in [5, 5.41) is 2.80. The minimum Gasteiger partial charge on any atom is -0.351 e. The molecule has 0 saturated carbocycles. The summed E-state index contributed by atoms with van der Waals surface area (Å²) in [6, 6.07) is 13.1. The number of hydrogen-bond donors (Lipinski definition) is 1. The Morgan fingerprint density at radius 3 is 2.38 bits per heavy atom. The highest BCUT2D eigenvalue weighted by Gasteiger charge is 2.26. The lowest BCUT2D eigenvalue weighted by molar-refractivity contribution is -0.121. The largest absolute Gasteiger partial charge is 0.351 e. The first kappa shape index (κ1) is 20.1. The SMILES string of the molecule is CCN(CC(=O)NCc1cccc(C)c1)S(=O)(=O)c1cc(C)ccc1C. The molecule has 0 bridgehead atoms. The summed E-state index contributed by atoms with van der Waals surface area (Å²) in [5.74, 6) is -0.317. The molecule has 26 heavy (non-hydrogen) atoms. The van der Waals surface area contributed by atoms with Crippen LogP contribution in [0.4, 0.5) is 0 Å². The van der Waals surface area contributed by atoms with Crippen LogP contribution in [0.2, 0.25) is 0 Å². The van der Waals surface area contributed by atoms with Gasteiger partial charge in [0.15, 0.2) is 0 Å². The normalized spacial score (nSPS) is 11.6. The van der Waals surface area contributed by atoms with Crippen LogP contribution in [-0.4, -0.2) is 31.7 Å². The van der Waals surface area contributed by atoms with Gasteiger partial charge in [-0.25, -0.2) is 8.42 Å². The van der Waals surface area contributed by atoms with Crippen LogP contribution < -0.4 is 5.32 Å². The summed E-state index contributed by atoms with van der Waals surface area (Å²) in [7, 11) is -3.72. The molecule has 0 fully saturated rings. The number of aryl methyl sites for hydroxylation is 3. The molecule has 2 rings (SSSR count). The summed E-state index contributed by atoms with van der Waals surface area (Å²) in [4.78, 5) is 12.5. The third kappa shape index (κ3) is 4.93. The Bertz CT molecular complexity index is 892. The van der Waals surface area contributed by atoms with Crippen molar-refractivity contribution in [3.63, 3.8) is 0 Å². The van der Waals surface area contributed by atoms with Crippen molar-refractivity contribution in [1.29, 1.82) is 0 Å². The first-order valence-corrected chi connectivity index (χ1v) is 10.1. The molecule has 1 amide bonds. The molecule has 0 aliphatic heterocycles. The van der Waals surface area contributed by atoms with Crippen molar-refractivity contribution >= 4 is 15.9 Å². The van der Waals surface area contributed by atoms with E-state index in [0.717, 1.165) is 16.7 Å². The topological polar surface area (TPSA) is 66.5 Å². The van der Waals surface area contributed by atoms with Crippen molar-refractivity contribution in [2.45, 2.75) is 39.1 Å². The third-order valence-corrected chi connectivity index (χ3v) is 6.27. The summed E-state index contributed by atoms with van der Waals surface area (Å²) in [6.07, 6.45) is 0. The van der Waals surface area contributed by atoms with E-state index in [2.05, 4.69) is 5.32 Å². The smallest absolute Gasteiger partial charge is 0.243 e. The van der Waals surface area contributed by atoms with Crippen LogP contribution in [0.15, 0.2) is 47.4 Å². The van der Waals surface area contributed by atoms with Crippen molar-refractivity contribution in [1.82, 2.24) is 9.62 Å². The second-order valence-electron chi connectivity index (χ2n) is 6.47. The summed E-state index contributed by atoms with van der Waals surface area (Å²) < 4.78 is 27.1. The highest BCUT2D eigenvalue weighted by Crippen LogP contribution is 2.21. The molecule has 0 heterocycles. The maximum atomic E-state index is 12.9. The van der Waals surface area contributed by atoms with Crippen molar-refractivity contribution in [3.8, 4) is 0 Å². The number of benzene rings is 2. The van der Waals surface area contributed by atoms with Crippen LogP contribution in [0.5, 0.6) is 0 Å². The van der Waals surface area contributed by atoms with Crippen LogP contribution in [0.25, 0.3) is 0 Å². The molecule has 0 unspecified atom stereocenters. The van der Waals surface area contributed by atoms with Gasteiger partial charge in [0.1, 0.15) is 0 Å². The Hall–Kier alpha value is -2.18. The number of carbonyl (C=O) groups excluding carboxylic acids is 1. The van der Waals surface area contributed by atoms with E-state index in [1.165, 1.54) is 4.31 Å². The van der Waals surface area contributed by atoms with Crippen molar-refractivity contribution in [2.75, 3.05) is 13.1 Å². The molecule has 0 radical (unpaired) electrons. The van der Waals surface area contributed by atoms with E-state index in [-0.39, 0.29) is 23.9 Å². The molecule has 2 aromatic carbocycles. The zero-order valence-electron chi connectivity index (χ0n) is 15.7. The van der Waals surface area contributed by atoms with E-state index < -0.39 is 10.0 Å². The number of rotatable bonds is 7. The van der Waals surface area contributed by atoms with Gasteiger partial charge in [-0.2, -0.15) is 4.31 Å². The van der Waals surface area contributed by atoms with Crippen LogP contribution in [0, 0.1) is 20.8 Å². The third-order valence-electron chi connectivity index (χ3n) is 4.21. The number of amides is 1. The summed E-state index contributed by atoms with van der Waals surface area (Å²) in [5.41, 5.74) is 3.64. The first-order chi connectivity index (χ1) is 12.2. The molecule has 6 heteroatoms. The number of sulfonamides is 1. The molecule has 2 aromatic rings. The quantitative estimate of drug-likeness (QED) is 0.810. The zero-order valence-corrected chi connectivity index (χ0v) is 16.6. The van der Waals surface area contributed by atoms with Crippen LogP contribution >= 0.6 is 0 Å². The molecule has 5 nitrogen and oxygen atoms in total. The lowest BCUT2D eigenvalue weighted by Gasteiger charge is -2.21. The van der Waals surface area contributed by atoms with Crippen LogP contribution in [0.1, 0.15) is 29.2 Å². The Morgan fingerprint density at radius 1 is 1.04 bits per heavy atom. The van der Waals surface area contributed by atoms with Gasteiger partial charge in [-0.05, 0) is 43.5 Å². The van der Waals surface area contributed by atoms with Gasteiger partial charge in [-0.15, -0.1) is 0 Å². The van der Waals surface area contributed by atoms with E-state index >= 15 is 0 Å². The maximum absolute atomic E-state index is 12.9. The molecule has 0 atom stereocenters. The summed E-state index contributed by atoms with van der Waals surface area (Å²) in [6.45, 7) is 7.74. The van der Waals surface area contributed by atoms with Gasteiger partial charge in [-0.1, -0.05) is 48.9 Å². The Kier molecular flexibility index (Phi) is 6.56. The fraction of sp³-hybridized carbons (Fsp3) is 0.350. The molecule has 140 valence electrons. The van der Waals surface area contributed by atoms with Gasteiger partial charge in [0, 0.05) is 13.1 Å². The van der Waals surface area contributed by atoms with Gasteiger partial charge < -0.3 is 5.32 Å². The number of hydrogen-bond acceptors (Lipinski definition) is 3. The van der Waals surface area contributed by atoms with Crippen molar-refractivity contribution < 1.29 is 13.2 Å². The predicted molar refractivity (Wildman–Crippen MR) is 103 cm³/mol. The van der Waals surface area contributed by atoms with Gasteiger partial charge in [-0.3, -0.25) is 4.79 Å². The van der Waals surface area contributed by atoms with E-state index in [1.807, 2.05) is 44.2 Å². The number of carbonyl (C=O) groups is 1. The highest BCUT2D eigenvalue weighted by molar-refractivity contribution is 7.89. The van der Waals surface area contributed by atoms with Crippen LogP contribution in [-0.2, 0) is 21.4 Å². The fourth-order valence-electron chi connectivity index (χ4n) is 2.73. The van der Waals surface area contributed by atoms with Gasteiger partial charge in [0.05, 0.1) is 11.4 Å². The van der Waals surface area contributed by atoms with Crippen molar-refractivity contribution in [2.24, 2.45) is 0 Å². The lowest BCUT2D eigenvalue weighted by Crippen LogP contribution is -2.40. The average Bonchev–Trinajstić information content (AvgIpc) is 2.59. The monoisotopic (exact) mass is 374 g/mol. The van der Waals surface area contributed by atoms with E-state index in [0.29, 0.717) is 12.1 Å². The predicted octanol–water partition coefficient (Wildman–Crippen LogP) is 2.94. The molecule has 0 aromatic heterocycles. The molecule has 0 saturated heterocycles. The number of likely N-dealkylation sites (N-methyl/N-ethyl adjacent to an activating group) is 1. The minimum absolute atomic E-state index is 0.196. The Morgan fingerprint density at radius 2 is 1.73 bits per heavy atom. The van der Waals surface area contributed by atoms with E-state index in [9.17, 15) is 13.2 Å². The van der Waals surface area contributed by atoms with Gasteiger partial charge in [0.25, 0.3) is 0 Å². The second kappa shape index (κ2) is 8.47. The summed E-state index contributed by atoms with van der Waals surface area (Å²) >= 11 is 0. The molecule has 1 N–H and O–H groups in total. The van der Waals surface area contributed by atoms with Gasteiger partial charge in [0.2, 0.25) is 15.9 Å². The fourth-order valence-corrected chi connectivity index (χ4v) is 4.44. The van der Waals surface area contributed by atoms with Crippen LogP contribution in [0.3, 0.4) is 0 Å². The second-order valence-corrected chi connectivity index (χ2v) is 8.37.